The van der Waals surface area contributed by atoms with Crippen molar-refractivity contribution >= 4 is 35.2 Å². The molecule has 0 saturated carbocycles. The number of carboxylic acids is 1. The molecule has 0 saturated heterocycles. The Morgan fingerprint density at radius 3 is 2.79 bits per heavy atom. The van der Waals surface area contributed by atoms with Gasteiger partial charge in [-0.1, -0.05) is 35.9 Å². The average molecular weight is 231 g/mol. The molecule has 0 heterocycles. The summed E-state index contributed by atoms with van der Waals surface area (Å²) in [6, 6.07) is 4.84. The molecule has 0 aliphatic rings. The molecule has 0 atom stereocenters. The lowest BCUT2D eigenvalue weighted by molar-refractivity contribution is 0.0697. The van der Waals surface area contributed by atoms with Crippen LogP contribution in [0.1, 0.15) is 15.9 Å². The topological polar surface area (TPSA) is 37.3 Å². The zero-order chi connectivity index (χ0) is 10.6. The van der Waals surface area contributed by atoms with Crippen LogP contribution >= 0.6 is 23.2 Å². The predicted molar refractivity (Wildman–Crippen MR) is 58.2 cm³/mol. The third-order valence-corrected chi connectivity index (χ3v) is 2.25. The Kier molecular flexibility index (Phi) is 3.98. The third-order valence-electron chi connectivity index (χ3n) is 1.65. The fourth-order valence-corrected chi connectivity index (χ4v) is 1.37. The second kappa shape index (κ2) is 5.03. The summed E-state index contributed by atoms with van der Waals surface area (Å²) in [5, 5.41) is 9.02. The minimum absolute atomic E-state index is 0.100. The quantitative estimate of drug-likeness (QED) is 0.810. The zero-order valence-electron chi connectivity index (χ0n) is 7.21. The van der Waals surface area contributed by atoms with Gasteiger partial charge in [-0.25, -0.2) is 4.79 Å². The molecule has 0 aliphatic heterocycles. The highest BCUT2D eigenvalue weighted by atomic mass is 35.5. The van der Waals surface area contributed by atoms with E-state index in [1.54, 1.807) is 24.3 Å². The molecule has 14 heavy (non-hydrogen) atoms. The number of hydrogen-bond acceptors (Lipinski definition) is 1. The monoisotopic (exact) mass is 230 g/mol. The van der Waals surface area contributed by atoms with Crippen LogP contribution < -0.4 is 0 Å². The summed E-state index contributed by atoms with van der Waals surface area (Å²) in [4.78, 5) is 10.7. The molecule has 0 radical (unpaired) electrons. The van der Waals surface area contributed by atoms with Crippen LogP contribution in [0.3, 0.4) is 0 Å². The van der Waals surface area contributed by atoms with Crippen molar-refractivity contribution in [2.75, 3.05) is 5.88 Å². The molecule has 1 aromatic rings. The lowest BCUT2D eigenvalue weighted by Gasteiger charge is -2.01. The lowest BCUT2D eigenvalue weighted by atomic mass is 10.1. The summed E-state index contributed by atoms with van der Waals surface area (Å²) >= 11 is 11.3. The summed E-state index contributed by atoms with van der Waals surface area (Å²) in [5.74, 6) is -0.663. The Morgan fingerprint density at radius 1 is 1.50 bits per heavy atom. The maximum absolute atomic E-state index is 10.7. The maximum Gasteiger partial charge on any atom is 0.337 e. The van der Waals surface area contributed by atoms with Gasteiger partial charge in [-0.15, -0.1) is 11.6 Å². The van der Waals surface area contributed by atoms with Gasteiger partial charge in [-0.2, -0.15) is 0 Å². The minimum Gasteiger partial charge on any atom is -0.478 e. The largest absolute Gasteiger partial charge is 0.478 e. The SMILES string of the molecule is O=C(O)c1cccc(C=CCCl)c1Cl. The summed E-state index contributed by atoms with van der Waals surface area (Å²) in [6.45, 7) is 0. The van der Waals surface area contributed by atoms with Gasteiger partial charge in [0.1, 0.15) is 0 Å². The fraction of sp³-hybridized carbons (Fsp3) is 0.100. The van der Waals surface area contributed by atoms with Gasteiger partial charge in [-0.3, -0.25) is 0 Å². The van der Waals surface area contributed by atoms with Gasteiger partial charge >= 0.3 is 5.97 Å². The number of benzene rings is 1. The van der Waals surface area contributed by atoms with Crippen molar-refractivity contribution in [3.63, 3.8) is 0 Å². The number of carbonyl (C=O) groups is 1. The molecule has 0 spiro atoms. The second-order valence-electron chi connectivity index (χ2n) is 2.57. The van der Waals surface area contributed by atoms with Crippen LogP contribution in [0.2, 0.25) is 5.02 Å². The van der Waals surface area contributed by atoms with Crippen LogP contribution in [-0.2, 0) is 0 Å². The maximum atomic E-state index is 10.7. The Bertz CT molecular complexity index is 372. The van der Waals surface area contributed by atoms with Gasteiger partial charge in [-0.05, 0) is 11.6 Å². The van der Waals surface area contributed by atoms with E-state index in [9.17, 15) is 4.79 Å². The van der Waals surface area contributed by atoms with Crippen LogP contribution in [0.15, 0.2) is 24.3 Å². The predicted octanol–water partition coefficient (Wildman–Crippen LogP) is 3.29. The number of carboxylic acid groups (broad SMARTS) is 1. The van der Waals surface area contributed by atoms with Gasteiger partial charge in [0, 0.05) is 5.88 Å². The van der Waals surface area contributed by atoms with E-state index in [1.807, 2.05) is 0 Å². The zero-order valence-corrected chi connectivity index (χ0v) is 8.72. The number of aromatic carboxylic acids is 1. The van der Waals surface area contributed by atoms with Gasteiger partial charge in [0.2, 0.25) is 0 Å². The first kappa shape index (κ1) is 11.1. The number of alkyl halides is 1. The molecule has 0 unspecified atom stereocenters. The molecule has 0 aromatic heterocycles. The van der Waals surface area contributed by atoms with Gasteiger partial charge in [0.15, 0.2) is 0 Å². The normalized spacial score (nSPS) is 10.7. The van der Waals surface area contributed by atoms with Gasteiger partial charge in [0.25, 0.3) is 0 Å². The van der Waals surface area contributed by atoms with Crippen molar-refractivity contribution in [2.45, 2.75) is 0 Å². The Morgan fingerprint density at radius 2 is 2.21 bits per heavy atom. The van der Waals surface area contributed by atoms with Crippen LogP contribution in [0, 0.1) is 0 Å². The summed E-state index contributed by atoms with van der Waals surface area (Å²) in [6.07, 6.45) is 3.40. The van der Waals surface area contributed by atoms with Crippen LogP contribution in [0.25, 0.3) is 6.08 Å². The Hall–Kier alpha value is -0.990. The van der Waals surface area contributed by atoms with Crippen molar-refractivity contribution in [3.05, 3.63) is 40.4 Å². The Balaban J connectivity index is 3.14. The van der Waals surface area contributed by atoms with Crippen LogP contribution in [0.4, 0.5) is 0 Å². The molecule has 4 heteroatoms. The smallest absolute Gasteiger partial charge is 0.337 e. The molecule has 0 fully saturated rings. The van der Waals surface area contributed by atoms with E-state index in [0.717, 1.165) is 0 Å². The van der Waals surface area contributed by atoms with Gasteiger partial charge < -0.3 is 5.11 Å². The molecule has 1 rings (SSSR count). The van der Waals surface area contributed by atoms with E-state index < -0.39 is 5.97 Å². The molecule has 0 bridgehead atoms. The molecule has 2 nitrogen and oxygen atoms in total. The van der Waals surface area contributed by atoms with Crippen molar-refractivity contribution in [2.24, 2.45) is 0 Å². The summed E-state index contributed by atoms with van der Waals surface area (Å²) in [7, 11) is 0. The highest BCUT2D eigenvalue weighted by Gasteiger charge is 2.09. The number of hydrogen-bond donors (Lipinski definition) is 1. The first-order valence-corrected chi connectivity index (χ1v) is 4.82. The molecule has 1 N–H and O–H groups in total. The van der Waals surface area contributed by atoms with E-state index >= 15 is 0 Å². The number of allylic oxidation sites excluding steroid dienone is 1. The second-order valence-corrected chi connectivity index (χ2v) is 3.26. The number of rotatable bonds is 3. The van der Waals surface area contributed by atoms with Crippen LogP contribution in [0.5, 0.6) is 0 Å². The fourth-order valence-electron chi connectivity index (χ4n) is 1.02. The van der Waals surface area contributed by atoms with Crippen LogP contribution in [-0.4, -0.2) is 17.0 Å². The molecule has 74 valence electrons. The minimum atomic E-state index is -1.03. The summed E-state index contributed by atoms with van der Waals surface area (Å²) < 4.78 is 0. The van der Waals surface area contributed by atoms with E-state index in [-0.39, 0.29) is 10.6 Å². The first-order valence-electron chi connectivity index (χ1n) is 3.91. The highest BCUT2D eigenvalue weighted by Crippen LogP contribution is 2.22. The van der Waals surface area contributed by atoms with E-state index in [4.69, 9.17) is 28.3 Å². The van der Waals surface area contributed by atoms with Crippen molar-refractivity contribution in [1.29, 1.82) is 0 Å². The first-order chi connectivity index (χ1) is 6.66. The average Bonchev–Trinajstić information content (AvgIpc) is 2.16. The van der Waals surface area contributed by atoms with E-state index in [0.29, 0.717) is 11.4 Å². The van der Waals surface area contributed by atoms with E-state index in [2.05, 4.69) is 0 Å². The van der Waals surface area contributed by atoms with E-state index in [1.165, 1.54) is 6.07 Å². The molecule has 1 aromatic carbocycles. The van der Waals surface area contributed by atoms with Crippen molar-refractivity contribution < 1.29 is 9.90 Å². The third kappa shape index (κ3) is 2.50. The lowest BCUT2D eigenvalue weighted by Crippen LogP contribution is -1.97. The van der Waals surface area contributed by atoms with Crippen molar-refractivity contribution in [3.8, 4) is 0 Å². The Labute approximate surface area is 91.8 Å². The van der Waals surface area contributed by atoms with Gasteiger partial charge in [0.05, 0.1) is 10.6 Å². The number of halogens is 2. The highest BCUT2D eigenvalue weighted by molar-refractivity contribution is 6.35. The molecule has 0 amide bonds. The molecular formula is C10H8Cl2O2. The molecule has 0 aliphatic carbocycles. The molecular weight excluding hydrogens is 223 g/mol. The summed E-state index contributed by atoms with van der Waals surface area (Å²) in [5.41, 5.74) is 0.760. The standard InChI is InChI=1S/C10H8Cl2O2/c11-6-2-4-7-3-1-5-8(9(7)12)10(13)14/h1-5H,6H2,(H,13,14). The van der Waals surface area contributed by atoms with Crippen molar-refractivity contribution in [1.82, 2.24) is 0 Å².